The van der Waals surface area contributed by atoms with E-state index in [4.69, 9.17) is 17.3 Å². The number of nitrogen functional groups attached to an aromatic ring is 1. The van der Waals surface area contributed by atoms with E-state index in [1.165, 1.54) is 0 Å². The van der Waals surface area contributed by atoms with Gasteiger partial charge in [0.1, 0.15) is 5.52 Å². The Bertz CT molecular complexity index is 953. The van der Waals surface area contributed by atoms with Crippen molar-refractivity contribution in [2.24, 2.45) is 13.0 Å². The summed E-state index contributed by atoms with van der Waals surface area (Å²) >= 11 is 6.01. The predicted octanol–water partition coefficient (Wildman–Crippen LogP) is 2.34. The van der Waals surface area contributed by atoms with Gasteiger partial charge in [-0.2, -0.15) is 5.10 Å². The van der Waals surface area contributed by atoms with Crippen molar-refractivity contribution in [2.45, 2.75) is 12.3 Å². The molecule has 1 amide bonds. The van der Waals surface area contributed by atoms with E-state index in [0.717, 1.165) is 17.4 Å². The second-order valence-electron chi connectivity index (χ2n) is 6.05. The van der Waals surface area contributed by atoms with E-state index < -0.39 is 0 Å². The van der Waals surface area contributed by atoms with Crippen molar-refractivity contribution in [1.29, 1.82) is 0 Å². The van der Waals surface area contributed by atoms with Gasteiger partial charge in [0, 0.05) is 29.6 Å². The van der Waals surface area contributed by atoms with Crippen molar-refractivity contribution in [1.82, 2.24) is 20.0 Å². The largest absolute Gasteiger partial charge is 0.397 e. The number of halogens is 1. The molecule has 1 aliphatic carbocycles. The standard InChI is InChI=1S/C16H15ClN6O/c1-23-7-9(6-19-23)11-5-12(11)16(24)20-14-3-8-2-10(17)4-13(18)15(8)22-21-14/h2-4,6-7,11-12H,5,18H2,1H3,(H,20,21,24)/t11?,12-/m1/s1. The normalized spacial score (nSPS) is 19.4. The number of aromatic nitrogens is 4. The Hall–Kier alpha value is -2.67. The molecule has 0 aliphatic heterocycles. The zero-order chi connectivity index (χ0) is 16.8. The summed E-state index contributed by atoms with van der Waals surface area (Å²) < 4.78 is 1.74. The number of amides is 1. The number of carbonyl (C=O) groups is 1. The third-order valence-electron chi connectivity index (χ3n) is 4.22. The van der Waals surface area contributed by atoms with Crippen molar-refractivity contribution in [3.05, 3.63) is 41.2 Å². The monoisotopic (exact) mass is 342 g/mol. The number of aryl methyl sites for hydroxylation is 1. The number of benzene rings is 1. The minimum absolute atomic E-state index is 0.0591. The van der Waals surface area contributed by atoms with Crippen LogP contribution < -0.4 is 11.1 Å². The highest BCUT2D eigenvalue weighted by atomic mass is 35.5. The predicted molar refractivity (Wildman–Crippen MR) is 91.6 cm³/mol. The molecule has 0 saturated heterocycles. The van der Waals surface area contributed by atoms with Crippen LogP contribution in [0, 0.1) is 5.92 Å². The van der Waals surface area contributed by atoms with Crippen LogP contribution in [-0.2, 0) is 11.8 Å². The molecule has 1 saturated carbocycles. The van der Waals surface area contributed by atoms with E-state index in [2.05, 4.69) is 20.6 Å². The van der Waals surface area contributed by atoms with Crippen LogP contribution in [0.5, 0.6) is 0 Å². The smallest absolute Gasteiger partial charge is 0.229 e. The summed E-state index contributed by atoms with van der Waals surface area (Å²) in [7, 11) is 1.86. The van der Waals surface area contributed by atoms with Gasteiger partial charge < -0.3 is 11.1 Å². The summed E-state index contributed by atoms with van der Waals surface area (Å²) in [6, 6.07) is 5.09. The highest BCUT2D eigenvalue weighted by molar-refractivity contribution is 6.31. The molecule has 1 aliphatic rings. The summed E-state index contributed by atoms with van der Waals surface area (Å²) in [6.45, 7) is 0. The van der Waals surface area contributed by atoms with E-state index in [1.54, 1.807) is 29.1 Å². The van der Waals surface area contributed by atoms with E-state index in [-0.39, 0.29) is 17.7 Å². The fourth-order valence-corrected chi connectivity index (χ4v) is 3.15. The first-order chi connectivity index (χ1) is 11.5. The average Bonchev–Trinajstić information content (AvgIpc) is 3.21. The lowest BCUT2D eigenvalue weighted by atomic mass is 10.2. The molecule has 2 atom stereocenters. The third-order valence-corrected chi connectivity index (χ3v) is 4.43. The number of carbonyl (C=O) groups excluding carboxylic acids is 1. The Balaban J connectivity index is 1.51. The first-order valence-electron chi connectivity index (χ1n) is 7.53. The molecule has 1 fully saturated rings. The van der Waals surface area contributed by atoms with Gasteiger partial charge in [-0.15, -0.1) is 10.2 Å². The quantitative estimate of drug-likeness (QED) is 0.712. The molecular weight excluding hydrogens is 328 g/mol. The summed E-state index contributed by atoms with van der Waals surface area (Å²) in [5.74, 6) is 0.492. The molecule has 24 heavy (non-hydrogen) atoms. The Morgan fingerprint density at radius 1 is 1.38 bits per heavy atom. The minimum atomic E-state index is -0.0625. The van der Waals surface area contributed by atoms with Crippen molar-refractivity contribution in [3.8, 4) is 0 Å². The van der Waals surface area contributed by atoms with Gasteiger partial charge in [0.2, 0.25) is 5.91 Å². The average molecular weight is 343 g/mol. The van der Waals surface area contributed by atoms with Crippen LogP contribution in [0.4, 0.5) is 11.5 Å². The number of rotatable bonds is 3. The van der Waals surface area contributed by atoms with E-state index in [9.17, 15) is 4.79 Å². The fourth-order valence-electron chi connectivity index (χ4n) is 2.91. The lowest BCUT2D eigenvalue weighted by molar-refractivity contribution is -0.117. The van der Waals surface area contributed by atoms with Gasteiger partial charge in [0.25, 0.3) is 0 Å². The Kier molecular flexibility index (Phi) is 3.38. The molecule has 1 unspecified atom stereocenters. The van der Waals surface area contributed by atoms with E-state index >= 15 is 0 Å². The van der Waals surface area contributed by atoms with Crippen molar-refractivity contribution in [2.75, 3.05) is 11.1 Å². The maximum Gasteiger partial charge on any atom is 0.229 e. The van der Waals surface area contributed by atoms with Gasteiger partial charge >= 0.3 is 0 Å². The van der Waals surface area contributed by atoms with Gasteiger partial charge in [-0.1, -0.05) is 11.6 Å². The SMILES string of the molecule is Cn1cc(C2C[C@H]2C(=O)Nc2cc3cc(Cl)cc(N)c3nn2)cn1. The Morgan fingerprint density at radius 2 is 2.21 bits per heavy atom. The summed E-state index contributed by atoms with van der Waals surface area (Å²) in [4.78, 5) is 12.4. The lowest BCUT2D eigenvalue weighted by Gasteiger charge is -2.06. The fraction of sp³-hybridized carbons (Fsp3) is 0.250. The van der Waals surface area contributed by atoms with E-state index in [1.807, 2.05) is 13.2 Å². The van der Waals surface area contributed by atoms with Crippen molar-refractivity contribution >= 4 is 39.9 Å². The minimum Gasteiger partial charge on any atom is -0.397 e. The second-order valence-corrected chi connectivity index (χ2v) is 6.48. The number of hydrogen-bond donors (Lipinski definition) is 2. The zero-order valence-corrected chi connectivity index (χ0v) is 13.7. The molecule has 4 rings (SSSR count). The molecule has 8 heteroatoms. The molecule has 2 heterocycles. The molecule has 0 radical (unpaired) electrons. The van der Waals surface area contributed by atoms with Gasteiger partial charge in [0.05, 0.1) is 11.9 Å². The number of nitrogens with zero attached hydrogens (tertiary/aromatic N) is 4. The van der Waals surface area contributed by atoms with Crippen LogP contribution >= 0.6 is 11.6 Å². The Morgan fingerprint density at radius 3 is 2.96 bits per heavy atom. The Labute approximate surface area is 142 Å². The lowest BCUT2D eigenvalue weighted by Crippen LogP contribution is -2.16. The zero-order valence-electron chi connectivity index (χ0n) is 12.9. The van der Waals surface area contributed by atoms with Gasteiger partial charge in [-0.25, -0.2) is 0 Å². The van der Waals surface area contributed by atoms with E-state index in [0.29, 0.717) is 22.0 Å². The van der Waals surface area contributed by atoms with Crippen LogP contribution in [0.25, 0.3) is 10.9 Å². The van der Waals surface area contributed by atoms with Crippen LogP contribution in [0.15, 0.2) is 30.6 Å². The molecular formula is C16H15ClN6O. The molecule has 1 aromatic carbocycles. The van der Waals surface area contributed by atoms with Crippen LogP contribution in [0.1, 0.15) is 17.9 Å². The summed E-state index contributed by atoms with van der Waals surface area (Å²) in [6.07, 6.45) is 4.56. The van der Waals surface area contributed by atoms with Crippen LogP contribution in [0.2, 0.25) is 5.02 Å². The van der Waals surface area contributed by atoms with Gasteiger partial charge in [0.15, 0.2) is 5.82 Å². The first kappa shape index (κ1) is 14.9. The summed E-state index contributed by atoms with van der Waals surface area (Å²) in [5.41, 5.74) is 7.98. The van der Waals surface area contributed by atoms with Crippen LogP contribution in [0.3, 0.4) is 0 Å². The highest BCUT2D eigenvalue weighted by Gasteiger charge is 2.44. The summed E-state index contributed by atoms with van der Waals surface area (Å²) in [5, 5.41) is 16.3. The topological polar surface area (TPSA) is 98.7 Å². The maximum atomic E-state index is 12.4. The first-order valence-corrected chi connectivity index (χ1v) is 7.91. The molecule has 3 N–H and O–H groups in total. The molecule has 2 aromatic heterocycles. The number of hydrogen-bond acceptors (Lipinski definition) is 5. The molecule has 7 nitrogen and oxygen atoms in total. The maximum absolute atomic E-state index is 12.4. The third kappa shape index (κ3) is 2.67. The number of fused-ring (bicyclic) bond motifs is 1. The van der Waals surface area contributed by atoms with Crippen molar-refractivity contribution in [3.63, 3.8) is 0 Å². The number of nitrogens with one attached hydrogen (secondary N) is 1. The highest BCUT2D eigenvalue weighted by Crippen LogP contribution is 2.47. The molecule has 3 aromatic rings. The van der Waals surface area contributed by atoms with Gasteiger partial charge in [-0.05, 0) is 36.1 Å². The number of nitrogens with two attached hydrogens (primary N) is 1. The van der Waals surface area contributed by atoms with Crippen LogP contribution in [-0.4, -0.2) is 25.9 Å². The van der Waals surface area contributed by atoms with Gasteiger partial charge in [-0.3, -0.25) is 9.48 Å². The number of anilines is 2. The molecule has 122 valence electrons. The second kappa shape index (κ2) is 5.45. The van der Waals surface area contributed by atoms with Crippen molar-refractivity contribution < 1.29 is 4.79 Å². The molecule has 0 bridgehead atoms. The molecule has 0 spiro atoms.